The summed E-state index contributed by atoms with van der Waals surface area (Å²) in [4.78, 5) is 22.2. The lowest BCUT2D eigenvalue weighted by atomic mass is 9.99. The fraction of sp³-hybridized carbons (Fsp3) is 0.294. The molecule has 0 atom stereocenters. The number of ether oxygens (including phenoxy) is 1. The molecule has 0 saturated heterocycles. The van der Waals surface area contributed by atoms with Crippen LogP contribution in [0, 0.1) is 13.8 Å². The van der Waals surface area contributed by atoms with E-state index in [1.54, 1.807) is 0 Å². The number of aromatic nitrogens is 4. The van der Waals surface area contributed by atoms with Crippen molar-refractivity contribution in [2.45, 2.75) is 59.2 Å². The van der Waals surface area contributed by atoms with E-state index in [0.717, 1.165) is 47.3 Å². The zero-order valence-electron chi connectivity index (χ0n) is 26.0. The standard InChI is InChI=1S/C34H35F3N6O2S/c1-22(2)29-16-11-23(3)18-30(29)43-24(4)20-46-33(43)40-32(44)38-17-6-5-8-25-9-7-10-26(19-25)31-39-21-42(41-31)27-12-14-28(15-13-27)45-34(35,36)37/h7,9-16,18-22H,5-6,8,17H2,1-4H3,(H,38,44). The second-order valence-corrected chi connectivity index (χ2v) is 12.1. The first-order valence-electron chi connectivity index (χ1n) is 14.9. The number of benzene rings is 3. The van der Waals surface area contributed by atoms with Crippen molar-refractivity contribution in [3.8, 4) is 28.5 Å². The lowest BCUT2D eigenvalue weighted by Crippen LogP contribution is -2.25. The number of nitrogens with zero attached hydrogens (tertiary/aromatic N) is 5. The molecule has 0 saturated carbocycles. The molecule has 0 radical (unpaired) electrons. The van der Waals surface area contributed by atoms with Crippen LogP contribution in [0.3, 0.4) is 0 Å². The highest BCUT2D eigenvalue weighted by molar-refractivity contribution is 7.07. The van der Waals surface area contributed by atoms with Crippen molar-refractivity contribution in [1.29, 1.82) is 0 Å². The number of hydrogen-bond donors (Lipinski definition) is 1. The molecule has 2 aromatic heterocycles. The van der Waals surface area contributed by atoms with Crippen molar-refractivity contribution in [2.24, 2.45) is 4.99 Å². The van der Waals surface area contributed by atoms with E-state index in [1.807, 2.05) is 36.6 Å². The summed E-state index contributed by atoms with van der Waals surface area (Å²) in [6, 6.07) is 19.3. The summed E-state index contributed by atoms with van der Waals surface area (Å²) in [5, 5.41) is 9.43. The van der Waals surface area contributed by atoms with Crippen LogP contribution in [0.15, 0.2) is 83.4 Å². The summed E-state index contributed by atoms with van der Waals surface area (Å²) in [5.74, 6) is 0.524. The van der Waals surface area contributed by atoms with Crippen molar-refractivity contribution in [3.05, 3.63) is 106 Å². The van der Waals surface area contributed by atoms with E-state index in [-0.39, 0.29) is 11.8 Å². The highest BCUT2D eigenvalue weighted by atomic mass is 32.1. The number of halogens is 3. The van der Waals surface area contributed by atoms with Gasteiger partial charge in [0.15, 0.2) is 10.6 Å². The Bertz CT molecular complexity index is 1870. The molecule has 0 bridgehead atoms. The minimum atomic E-state index is -4.75. The van der Waals surface area contributed by atoms with Gasteiger partial charge in [0.05, 0.1) is 11.4 Å². The van der Waals surface area contributed by atoms with Gasteiger partial charge in [-0.2, -0.15) is 4.99 Å². The van der Waals surface area contributed by atoms with E-state index in [4.69, 9.17) is 0 Å². The van der Waals surface area contributed by atoms with Gasteiger partial charge >= 0.3 is 12.4 Å². The monoisotopic (exact) mass is 648 g/mol. The molecule has 5 rings (SSSR count). The van der Waals surface area contributed by atoms with Gasteiger partial charge < -0.3 is 10.1 Å². The zero-order valence-corrected chi connectivity index (χ0v) is 26.8. The largest absolute Gasteiger partial charge is 0.573 e. The zero-order chi connectivity index (χ0) is 32.8. The molecule has 240 valence electrons. The topological polar surface area (TPSA) is 86.3 Å². The highest BCUT2D eigenvalue weighted by Crippen LogP contribution is 2.26. The number of urea groups is 1. The van der Waals surface area contributed by atoms with Crippen molar-refractivity contribution in [2.75, 3.05) is 6.54 Å². The smallest absolute Gasteiger partial charge is 0.406 e. The first kappa shape index (κ1) is 32.7. The molecular formula is C34H35F3N6O2S. The Balaban J connectivity index is 1.15. The fourth-order valence-electron chi connectivity index (χ4n) is 5.06. The van der Waals surface area contributed by atoms with Gasteiger partial charge in [0.25, 0.3) is 0 Å². The second kappa shape index (κ2) is 14.2. The van der Waals surface area contributed by atoms with Crippen LogP contribution in [0.1, 0.15) is 55.0 Å². The number of nitrogens with one attached hydrogen (secondary N) is 1. The maximum atomic E-state index is 12.8. The number of alkyl halides is 3. The molecule has 8 nitrogen and oxygen atoms in total. The average Bonchev–Trinajstić information content (AvgIpc) is 3.63. The van der Waals surface area contributed by atoms with E-state index >= 15 is 0 Å². The first-order chi connectivity index (χ1) is 22.0. The number of amides is 2. The maximum absolute atomic E-state index is 12.8. The summed E-state index contributed by atoms with van der Waals surface area (Å²) in [6.45, 7) is 8.91. The Morgan fingerprint density at radius 3 is 2.57 bits per heavy atom. The molecule has 12 heteroatoms. The van der Waals surface area contributed by atoms with Crippen LogP contribution in [-0.4, -0.2) is 38.3 Å². The van der Waals surface area contributed by atoms with E-state index < -0.39 is 6.36 Å². The van der Waals surface area contributed by atoms with Crippen LogP contribution in [0.4, 0.5) is 18.0 Å². The van der Waals surface area contributed by atoms with Gasteiger partial charge in [-0.1, -0.05) is 44.2 Å². The molecule has 3 aromatic carbocycles. The number of thiazole rings is 1. The van der Waals surface area contributed by atoms with Crippen molar-refractivity contribution >= 4 is 17.4 Å². The lowest BCUT2D eigenvalue weighted by Gasteiger charge is -2.16. The molecule has 0 unspecified atom stereocenters. The Labute approximate surface area is 269 Å². The Kier molecular flexibility index (Phi) is 10.1. The summed E-state index contributed by atoms with van der Waals surface area (Å²) in [5.41, 5.74) is 6.92. The van der Waals surface area contributed by atoms with Gasteiger partial charge in [-0.25, -0.2) is 14.5 Å². The van der Waals surface area contributed by atoms with Crippen molar-refractivity contribution in [1.82, 2.24) is 24.6 Å². The molecule has 46 heavy (non-hydrogen) atoms. The summed E-state index contributed by atoms with van der Waals surface area (Å²) >= 11 is 1.45. The van der Waals surface area contributed by atoms with Gasteiger partial charge in [0.2, 0.25) is 0 Å². The number of aryl methyl sites for hydroxylation is 3. The maximum Gasteiger partial charge on any atom is 0.573 e. The summed E-state index contributed by atoms with van der Waals surface area (Å²) in [6.07, 6.45) is -0.789. The predicted molar refractivity (Wildman–Crippen MR) is 173 cm³/mol. The third-order valence-electron chi connectivity index (χ3n) is 7.31. The van der Waals surface area contributed by atoms with Crippen LogP contribution in [-0.2, 0) is 6.42 Å². The molecule has 0 spiro atoms. The third-order valence-corrected chi connectivity index (χ3v) is 8.25. The number of carbonyl (C=O) groups excluding carboxylic acids is 1. The van der Waals surface area contributed by atoms with E-state index in [0.29, 0.717) is 28.8 Å². The van der Waals surface area contributed by atoms with Gasteiger partial charge in [-0.3, -0.25) is 4.57 Å². The fourth-order valence-corrected chi connectivity index (χ4v) is 5.93. The van der Waals surface area contributed by atoms with Gasteiger partial charge in [0.1, 0.15) is 12.1 Å². The van der Waals surface area contributed by atoms with Gasteiger partial charge in [-0.05, 0) is 92.1 Å². The van der Waals surface area contributed by atoms with Crippen LogP contribution in [0.25, 0.3) is 22.8 Å². The molecule has 0 aliphatic carbocycles. The number of carbonyl (C=O) groups is 1. The molecule has 1 N–H and O–H groups in total. The summed E-state index contributed by atoms with van der Waals surface area (Å²) in [7, 11) is 0. The molecule has 2 amide bonds. The lowest BCUT2D eigenvalue weighted by molar-refractivity contribution is -0.274. The highest BCUT2D eigenvalue weighted by Gasteiger charge is 2.31. The van der Waals surface area contributed by atoms with E-state index in [9.17, 15) is 18.0 Å². The van der Waals surface area contributed by atoms with Crippen LogP contribution in [0.5, 0.6) is 5.75 Å². The van der Waals surface area contributed by atoms with E-state index in [1.165, 1.54) is 52.2 Å². The minimum Gasteiger partial charge on any atom is -0.406 e. The quantitative estimate of drug-likeness (QED) is 0.155. The van der Waals surface area contributed by atoms with Gasteiger partial charge in [0, 0.05) is 23.2 Å². The molecule has 2 heterocycles. The molecule has 0 aliphatic rings. The molecule has 5 aromatic rings. The van der Waals surface area contributed by atoms with E-state index in [2.05, 4.69) is 68.7 Å². The number of unbranched alkanes of at least 4 members (excludes halogenated alkanes) is 1. The van der Waals surface area contributed by atoms with Crippen LogP contribution in [0.2, 0.25) is 0 Å². The average molecular weight is 649 g/mol. The Morgan fingerprint density at radius 2 is 1.83 bits per heavy atom. The SMILES string of the molecule is Cc1ccc(C(C)C)c(-n2c(C)csc2=NC(=O)NCCCCc2cccc(-c3ncn(-c4ccc(OC(F)(F)F)cc4)n3)c2)c1. The van der Waals surface area contributed by atoms with Gasteiger partial charge in [-0.15, -0.1) is 29.6 Å². The molecular weight excluding hydrogens is 613 g/mol. The molecule has 0 aliphatic heterocycles. The van der Waals surface area contributed by atoms with Crippen LogP contribution >= 0.6 is 11.3 Å². The Hall–Kier alpha value is -4.71. The molecule has 0 fully saturated rings. The Morgan fingerprint density at radius 1 is 1.04 bits per heavy atom. The van der Waals surface area contributed by atoms with Crippen molar-refractivity contribution < 1.29 is 22.7 Å². The second-order valence-electron chi connectivity index (χ2n) is 11.3. The minimum absolute atomic E-state index is 0.303. The first-order valence-corrected chi connectivity index (χ1v) is 15.8. The van der Waals surface area contributed by atoms with Crippen LogP contribution < -0.4 is 14.9 Å². The number of rotatable bonds is 10. The summed E-state index contributed by atoms with van der Waals surface area (Å²) < 4.78 is 44.8. The number of hydrogen-bond acceptors (Lipinski definition) is 5. The van der Waals surface area contributed by atoms with Crippen molar-refractivity contribution in [3.63, 3.8) is 0 Å². The third kappa shape index (κ3) is 8.30. The predicted octanol–water partition coefficient (Wildman–Crippen LogP) is 8.06. The normalized spacial score (nSPS) is 12.1.